The van der Waals surface area contributed by atoms with Gasteiger partial charge in [0.15, 0.2) is 0 Å². The predicted molar refractivity (Wildman–Crippen MR) is 75.1 cm³/mol. The molecule has 1 fully saturated rings. The minimum absolute atomic E-state index is 0.179. The molecule has 0 aliphatic heterocycles. The fourth-order valence-electron chi connectivity index (χ4n) is 3.17. The van der Waals surface area contributed by atoms with Crippen LogP contribution >= 0.6 is 0 Å². The summed E-state index contributed by atoms with van der Waals surface area (Å²) in [5.41, 5.74) is 7.62. The molecule has 1 aliphatic carbocycles. The van der Waals surface area contributed by atoms with Gasteiger partial charge in [-0.1, -0.05) is 13.8 Å². The molecule has 0 saturated heterocycles. The van der Waals surface area contributed by atoms with Crippen LogP contribution in [0.3, 0.4) is 0 Å². The van der Waals surface area contributed by atoms with E-state index < -0.39 is 0 Å². The van der Waals surface area contributed by atoms with Gasteiger partial charge in [0.1, 0.15) is 0 Å². The van der Waals surface area contributed by atoms with Crippen LogP contribution in [0.4, 0.5) is 0 Å². The summed E-state index contributed by atoms with van der Waals surface area (Å²) in [6.45, 7) is 7.72. The summed E-state index contributed by atoms with van der Waals surface area (Å²) in [7, 11) is 0. The van der Waals surface area contributed by atoms with Gasteiger partial charge in [-0.15, -0.1) is 0 Å². The number of nitrogens with zero attached hydrogens (tertiary/aromatic N) is 2. The average Bonchev–Trinajstić information content (AvgIpc) is 2.86. The summed E-state index contributed by atoms with van der Waals surface area (Å²) < 4.78 is 1.97. The number of hydrogen-bond acceptors (Lipinski definition) is 2. The molecule has 102 valence electrons. The van der Waals surface area contributed by atoms with E-state index in [2.05, 4.69) is 32.1 Å². The molecule has 0 aromatic carbocycles. The normalized spacial score (nSPS) is 26.5. The number of hydrogen-bond donors (Lipinski definition) is 1. The van der Waals surface area contributed by atoms with Crippen molar-refractivity contribution < 1.29 is 0 Å². The van der Waals surface area contributed by atoms with Crippen LogP contribution in [-0.2, 0) is 6.54 Å². The van der Waals surface area contributed by atoms with E-state index in [0.29, 0.717) is 5.92 Å². The Morgan fingerprint density at radius 3 is 2.39 bits per heavy atom. The van der Waals surface area contributed by atoms with Crippen molar-refractivity contribution in [2.75, 3.05) is 0 Å². The second-order valence-corrected chi connectivity index (χ2v) is 6.07. The third-order valence-corrected chi connectivity index (χ3v) is 4.63. The third kappa shape index (κ3) is 2.94. The summed E-state index contributed by atoms with van der Waals surface area (Å²) in [6.07, 6.45) is 9.31. The van der Waals surface area contributed by atoms with Gasteiger partial charge in [0.2, 0.25) is 0 Å². The average molecular weight is 249 g/mol. The van der Waals surface area contributed by atoms with Crippen molar-refractivity contribution in [1.29, 1.82) is 0 Å². The SMILES string of the molecule is CCn1cc(C(N)C2CCC(C(C)C)CC2)cn1. The zero-order valence-electron chi connectivity index (χ0n) is 12.0. The highest BCUT2D eigenvalue weighted by molar-refractivity contribution is 5.11. The van der Waals surface area contributed by atoms with Gasteiger partial charge in [-0.2, -0.15) is 5.10 Å². The first-order valence-corrected chi connectivity index (χ1v) is 7.39. The van der Waals surface area contributed by atoms with Crippen molar-refractivity contribution in [3.8, 4) is 0 Å². The molecule has 2 N–H and O–H groups in total. The zero-order chi connectivity index (χ0) is 13.1. The Morgan fingerprint density at radius 2 is 1.89 bits per heavy atom. The largest absolute Gasteiger partial charge is 0.324 e. The van der Waals surface area contributed by atoms with Crippen LogP contribution in [0.2, 0.25) is 0 Å². The van der Waals surface area contributed by atoms with Crippen LogP contribution in [0.25, 0.3) is 0 Å². The molecule has 18 heavy (non-hydrogen) atoms. The molecule has 0 bridgehead atoms. The second kappa shape index (κ2) is 5.87. The maximum absolute atomic E-state index is 6.41. The monoisotopic (exact) mass is 249 g/mol. The van der Waals surface area contributed by atoms with Crippen LogP contribution in [0, 0.1) is 17.8 Å². The molecule has 1 saturated carbocycles. The summed E-state index contributed by atoms with van der Waals surface area (Å²) in [5.74, 6) is 2.38. The second-order valence-electron chi connectivity index (χ2n) is 6.07. The van der Waals surface area contributed by atoms with Crippen molar-refractivity contribution in [2.45, 2.75) is 59.0 Å². The van der Waals surface area contributed by atoms with Crippen LogP contribution in [0.15, 0.2) is 12.4 Å². The Bertz CT molecular complexity index is 362. The number of nitrogens with two attached hydrogens (primary N) is 1. The van der Waals surface area contributed by atoms with E-state index in [1.165, 1.54) is 31.2 Å². The molecule has 1 heterocycles. The number of aromatic nitrogens is 2. The van der Waals surface area contributed by atoms with Crippen molar-refractivity contribution in [3.63, 3.8) is 0 Å². The zero-order valence-corrected chi connectivity index (χ0v) is 12.0. The summed E-state index contributed by atoms with van der Waals surface area (Å²) in [5, 5.41) is 4.33. The summed E-state index contributed by atoms with van der Waals surface area (Å²) >= 11 is 0. The van der Waals surface area contributed by atoms with Crippen LogP contribution < -0.4 is 5.73 Å². The fourth-order valence-corrected chi connectivity index (χ4v) is 3.17. The Hall–Kier alpha value is -0.830. The number of rotatable bonds is 4. The van der Waals surface area contributed by atoms with Crippen LogP contribution in [0.5, 0.6) is 0 Å². The molecule has 0 amide bonds. The lowest BCUT2D eigenvalue weighted by Crippen LogP contribution is -2.27. The minimum atomic E-state index is 0.179. The minimum Gasteiger partial charge on any atom is -0.324 e. The highest BCUT2D eigenvalue weighted by Gasteiger charge is 2.28. The van der Waals surface area contributed by atoms with E-state index >= 15 is 0 Å². The Kier molecular flexibility index (Phi) is 4.44. The van der Waals surface area contributed by atoms with E-state index in [0.717, 1.165) is 18.4 Å². The molecule has 0 spiro atoms. The van der Waals surface area contributed by atoms with Gasteiger partial charge in [0.25, 0.3) is 0 Å². The first-order chi connectivity index (χ1) is 8.61. The van der Waals surface area contributed by atoms with E-state index in [-0.39, 0.29) is 6.04 Å². The van der Waals surface area contributed by atoms with Gasteiger partial charge in [-0.05, 0) is 50.4 Å². The smallest absolute Gasteiger partial charge is 0.0537 e. The van der Waals surface area contributed by atoms with Gasteiger partial charge in [-0.3, -0.25) is 4.68 Å². The predicted octanol–water partition coefficient (Wildman–Crippen LogP) is 3.37. The lowest BCUT2D eigenvalue weighted by molar-refractivity contribution is 0.203. The topological polar surface area (TPSA) is 43.8 Å². The molecular weight excluding hydrogens is 222 g/mol. The lowest BCUT2D eigenvalue weighted by Gasteiger charge is -2.33. The van der Waals surface area contributed by atoms with Crippen molar-refractivity contribution in [2.24, 2.45) is 23.5 Å². The molecule has 1 atom stereocenters. The van der Waals surface area contributed by atoms with E-state index in [1.807, 2.05) is 10.9 Å². The Balaban J connectivity index is 1.92. The molecule has 3 nitrogen and oxygen atoms in total. The van der Waals surface area contributed by atoms with Gasteiger partial charge in [0.05, 0.1) is 6.20 Å². The van der Waals surface area contributed by atoms with Crippen molar-refractivity contribution in [3.05, 3.63) is 18.0 Å². The Morgan fingerprint density at radius 1 is 1.28 bits per heavy atom. The van der Waals surface area contributed by atoms with Crippen molar-refractivity contribution >= 4 is 0 Å². The summed E-state index contributed by atoms with van der Waals surface area (Å²) in [4.78, 5) is 0. The van der Waals surface area contributed by atoms with E-state index in [1.54, 1.807) is 0 Å². The first kappa shape index (κ1) is 13.6. The highest BCUT2D eigenvalue weighted by Crippen LogP contribution is 2.38. The fraction of sp³-hybridized carbons (Fsp3) is 0.800. The maximum atomic E-state index is 6.41. The molecule has 1 aliphatic rings. The number of aryl methyl sites for hydroxylation is 1. The molecule has 1 aromatic rings. The first-order valence-electron chi connectivity index (χ1n) is 7.39. The molecule has 1 unspecified atom stereocenters. The molecule has 1 aromatic heterocycles. The molecule has 0 radical (unpaired) electrons. The van der Waals surface area contributed by atoms with Crippen molar-refractivity contribution in [1.82, 2.24) is 9.78 Å². The van der Waals surface area contributed by atoms with Gasteiger partial charge in [0, 0.05) is 24.3 Å². The van der Waals surface area contributed by atoms with Crippen LogP contribution in [-0.4, -0.2) is 9.78 Å². The third-order valence-electron chi connectivity index (χ3n) is 4.63. The van der Waals surface area contributed by atoms with E-state index in [9.17, 15) is 0 Å². The highest BCUT2D eigenvalue weighted by atomic mass is 15.3. The van der Waals surface area contributed by atoms with E-state index in [4.69, 9.17) is 5.73 Å². The summed E-state index contributed by atoms with van der Waals surface area (Å²) in [6, 6.07) is 0.179. The Labute approximate surface area is 111 Å². The lowest BCUT2D eigenvalue weighted by atomic mass is 9.74. The molecular formula is C15H27N3. The van der Waals surface area contributed by atoms with Crippen LogP contribution in [0.1, 0.15) is 58.1 Å². The van der Waals surface area contributed by atoms with Gasteiger partial charge in [-0.25, -0.2) is 0 Å². The molecule has 2 rings (SSSR count). The maximum Gasteiger partial charge on any atom is 0.0537 e. The standard InChI is InChI=1S/C15H27N3/c1-4-18-10-14(9-17-18)15(16)13-7-5-12(6-8-13)11(2)3/h9-13,15H,4-8,16H2,1-3H3. The quantitative estimate of drug-likeness (QED) is 0.889. The van der Waals surface area contributed by atoms with Gasteiger partial charge < -0.3 is 5.73 Å². The molecule has 3 heteroatoms. The van der Waals surface area contributed by atoms with Gasteiger partial charge >= 0.3 is 0 Å².